The topological polar surface area (TPSA) is 73.8 Å². The second kappa shape index (κ2) is 7.35. The average molecular weight is 417 g/mol. The molecule has 3 rings (SSSR count). The molecule has 0 bridgehead atoms. The molecule has 0 aliphatic rings. The van der Waals surface area contributed by atoms with E-state index in [9.17, 15) is 18.0 Å². The summed E-state index contributed by atoms with van der Waals surface area (Å²) in [5.74, 6) is 1.09. The second-order valence-electron chi connectivity index (χ2n) is 5.53. The molecule has 6 nitrogen and oxygen atoms in total. The largest absolute Gasteiger partial charge is 0.417 e. The van der Waals surface area contributed by atoms with E-state index in [4.69, 9.17) is 16.1 Å². The number of aromatic nitrogens is 4. The van der Waals surface area contributed by atoms with Gasteiger partial charge >= 0.3 is 6.18 Å². The highest BCUT2D eigenvalue weighted by Gasteiger charge is 2.30. The van der Waals surface area contributed by atoms with E-state index in [-0.39, 0.29) is 10.8 Å². The smallest absolute Gasteiger partial charge is 0.361 e. The SMILES string of the molecule is Cc1noc(C)c1CSc1cnn(-c2ccc(C(F)(F)F)cn2)c(=O)c1Cl. The summed E-state index contributed by atoms with van der Waals surface area (Å²) in [6, 6.07) is 1.88. The molecular weight excluding hydrogens is 405 g/mol. The lowest BCUT2D eigenvalue weighted by Crippen LogP contribution is -2.23. The summed E-state index contributed by atoms with van der Waals surface area (Å²) in [4.78, 5) is 16.5. The number of hydrogen-bond acceptors (Lipinski definition) is 6. The number of halogens is 4. The van der Waals surface area contributed by atoms with Crippen molar-refractivity contribution in [3.05, 3.63) is 62.5 Å². The molecule has 0 spiro atoms. The molecule has 27 heavy (non-hydrogen) atoms. The standard InChI is InChI=1S/C16H12ClF3N4O2S/c1-8-11(9(2)26-23-8)7-27-12-6-22-24(15(25)14(12)17)13-4-3-10(5-21-13)16(18,19)20/h3-6H,7H2,1-2H3. The molecule has 0 aliphatic heterocycles. The summed E-state index contributed by atoms with van der Waals surface area (Å²) in [5.41, 5.74) is 0.0424. The maximum atomic E-state index is 12.6. The molecule has 0 saturated carbocycles. The molecule has 3 aromatic rings. The first-order valence-corrected chi connectivity index (χ1v) is 8.91. The van der Waals surface area contributed by atoms with E-state index in [1.807, 2.05) is 0 Å². The molecule has 0 atom stereocenters. The Morgan fingerprint density at radius 1 is 1.26 bits per heavy atom. The Hall–Kier alpha value is -2.33. The predicted octanol–water partition coefficient (Wildman–Crippen LogP) is 4.20. The third-order valence-electron chi connectivity index (χ3n) is 3.73. The van der Waals surface area contributed by atoms with E-state index < -0.39 is 17.3 Å². The Balaban J connectivity index is 1.86. The molecule has 0 saturated heterocycles. The summed E-state index contributed by atoms with van der Waals surface area (Å²) in [6.07, 6.45) is -2.51. The first-order chi connectivity index (χ1) is 12.7. The van der Waals surface area contributed by atoms with Crippen molar-refractivity contribution in [2.24, 2.45) is 0 Å². The van der Waals surface area contributed by atoms with Gasteiger partial charge in [0.15, 0.2) is 5.82 Å². The van der Waals surface area contributed by atoms with Gasteiger partial charge in [-0.25, -0.2) is 4.98 Å². The summed E-state index contributed by atoms with van der Waals surface area (Å²) < 4.78 is 43.8. The summed E-state index contributed by atoms with van der Waals surface area (Å²) in [7, 11) is 0. The molecule has 0 unspecified atom stereocenters. The van der Waals surface area contributed by atoms with Crippen LogP contribution in [-0.2, 0) is 11.9 Å². The van der Waals surface area contributed by atoms with Crippen molar-refractivity contribution in [1.29, 1.82) is 0 Å². The first kappa shape index (κ1) is 19.4. The third-order valence-corrected chi connectivity index (χ3v) is 5.26. The third kappa shape index (κ3) is 4.01. The van der Waals surface area contributed by atoms with Gasteiger partial charge in [0.2, 0.25) is 0 Å². The van der Waals surface area contributed by atoms with Gasteiger partial charge in [0.1, 0.15) is 10.8 Å². The average Bonchev–Trinajstić information content (AvgIpc) is 2.94. The van der Waals surface area contributed by atoms with E-state index in [0.717, 1.165) is 28.1 Å². The van der Waals surface area contributed by atoms with Crippen LogP contribution < -0.4 is 5.56 Å². The van der Waals surface area contributed by atoms with Crippen molar-refractivity contribution < 1.29 is 17.7 Å². The zero-order valence-electron chi connectivity index (χ0n) is 14.0. The van der Waals surface area contributed by atoms with Gasteiger partial charge in [0.05, 0.1) is 22.3 Å². The minimum Gasteiger partial charge on any atom is -0.361 e. The van der Waals surface area contributed by atoms with Gasteiger partial charge in [-0.15, -0.1) is 11.8 Å². The number of rotatable bonds is 4. The monoisotopic (exact) mass is 416 g/mol. The normalized spacial score (nSPS) is 11.8. The van der Waals surface area contributed by atoms with Gasteiger partial charge in [-0.3, -0.25) is 4.79 Å². The summed E-state index contributed by atoms with van der Waals surface area (Å²) in [5, 5.41) is 7.72. The van der Waals surface area contributed by atoms with Gasteiger partial charge in [0, 0.05) is 17.5 Å². The van der Waals surface area contributed by atoms with E-state index in [1.165, 1.54) is 18.0 Å². The zero-order chi connectivity index (χ0) is 19.8. The molecular formula is C16H12ClF3N4O2S. The molecule has 0 aliphatic carbocycles. The Bertz CT molecular complexity index is 1010. The fourth-order valence-corrected chi connectivity index (χ4v) is 3.56. The highest BCUT2D eigenvalue weighted by molar-refractivity contribution is 7.98. The van der Waals surface area contributed by atoms with Crippen molar-refractivity contribution >= 4 is 23.4 Å². The highest BCUT2D eigenvalue weighted by Crippen LogP contribution is 2.30. The van der Waals surface area contributed by atoms with Gasteiger partial charge in [-0.2, -0.15) is 23.0 Å². The number of nitrogens with zero attached hydrogens (tertiary/aromatic N) is 4. The Morgan fingerprint density at radius 3 is 2.56 bits per heavy atom. The molecule has 11 heteroatoms. The fraction of sp³-hybridized carbons (Fsp3) is 0.250. The number of hydrogen-bond donors (Lipinski definition) is 0. The Morgan fingerprint density at radius 2 is 2.00 bits per heavy atom. The Kier molecular flexibility index (Phi) is 5.29. The van der Waals surface area contributed by atoms with Crippen molar-refractivity contribution in [2.45, 2.75) is 30.7 Å². The quantitative estimate of drug-likeness (QED) is 0.593. The molecule has 0 fully saturated rings. The summed E-state index contributed by atoms with van der Waals surface area (Å²) >= 11 is 7.41. The van der Waals surface area contributed by atoms with Gasteiger partial charge < -0.3 is 4.52 Å². The zero-order valence-corrected chi connectivity index (χ0v) is 15.6. The van der Waals surface area contributed by atoms with E-state index in [1.54, 1.807) is 13.8 Å². The maximum absolute atomic E-state index is 12.6. The Labute approximate surface area is 160 Å². The van der Waals surface area contributed by atoms with Crippen LogP contribution in [0.5, 0.6) is 0 Å². The van der Waals surface area contributed by atoms with Crippen LogP contribution in [0.2, 0.25) is 5.02 Å². The number of pyridine rings is 1. The fourth-order valence-electron chi connectivity index (χ4n) is 2.22. The van der Waals surface area contributed by atoms with E-state index >= 15 is 0 Å². The predicted molar refractivity (Wildman–Crippen MR) is 93.2 cm³/mol. The van der Waals surface area contributed by atoms with Crippen LogP contribution in [0, 0.1) is 13.8 Å². The molecule has 3 heterocycles. The van der Waals surface area contributed by atoms with E-state index in [2.05, 4.69) is 15.2 Å². The minimum absolute atomic E-state index is 0.0582. The number of thioether (sulfide) groups is 1. The van der Waals surface area contributed by atoms with Crippen molar-refractivity contribution in [3.63, 3.8) is 0 Å². The van der Waals surface area contributed by atoms with Crippen molar-refractivity contribution in [2.75, 3.05) is 0 Å². The lowest BCUT2D eigenvalue weighted by Gasteiger charge is -2.09. The molecule has 0 amide bonds. The van der Waals surface area contributed by atoms with Crippen LogP contribution in [-0.4, -0.2) is 19.9 Å². The summed E-state index contributed by atoms with van der Waals surface area (Å²) in [6.45, 7) is 3.59. The van der Waals surface area contributed by atoms with Crippen molar-refractivity contribution in [1.82, 2.24) is 19.9 Å². The first-order valence-electron chi connectivity index (χ1n) is 7.54. The van der Waals surface area contributed by atoms with Crippen LogP contribution in [0.3, 0.4) is 0 Å². The van der Waals surface area contributed by atoms with Crippen LogP contribution in [0.4, 0.5) is 13.2 Å². The van der Waals surface area contributed by atoms with Crippen LogP contribution in [0.15, 0.2) is 38.7 Å². The number of alkyl halides is 3. The van der Waals surface area contributed by atoms with Crippen molar-refractivity contribution in [3.8, 4) is 5.82 Å². The van der Waals surface area contributed by atoms with Gasteiger partial charge in [-0.1, -0.05) is 16.8 Å². The van der Waals surface area contributed by atoms with Crippen LogP contribution in [0.25, 0.3) is 5.82 Å². The lowest BCUT2D eigenvalue weighted by atomic mass is 10.2. The highest BCUT2D eigenvalue weighted by atomic mass is 35.5. The molecule has 0 aromatic carbocycles. The van der Waals surface area contributed by atoms with E-state index in [0.29, 0.717) is 22.6 Å². The lowest BCUT2D eigenvalue weighted by molar-refractivity contribution is -0.137. The number of aryl methyl sites for hydroxylation is 2. The van der Waals surface area contributed by atoms with Gasteiger partial charge in [0.25, 0.3) is 5.56 Å². The molecule has 0 N–H and O–H groups in total. The molecule has 0 radical (unpaired) electrons. The molecule has 3 aromatic heterocycles. The van der Waals surface area contributed by atoms with Gasteiger partial charge in [-0.05, 0) is 26.0 Å². The van der Waals surface area contributed by atoms with Crippen LogP contribution >= 0.6 is 23.4 Å². The van der Waals surface area contributed by atoms with Crippen LogP contribution in [0.1, 0.15) is 22.6 Å². The second-order valence-corrected chi connectivity index (χ2v) is 6.93. The minimum atomic E-state index is -4.51. The molecule has 142 valence electrons. The maximum Gasteiger partial charge on any atom is 0.417 e.